The van der Waals surface area contributed by atoms with Crippen LogP contribution in [0.1, 0.15) is 66.7 Å². The van der Waals surface area contributed by atoms with Gasteiger partial charge in [-0.1, -0.05) is 47.5 Å². The summed E-state index contributed by atoms with van der Waals surface area (Å²) in [5.41, 5.74) is 0.638. The summed E-state index contributed by atoms with van der Waals surface area (Å²) in [7, 11) is 0. The molecule has 2 unspecified atom stereocenters. The molecule has 1 saturated carbocycles. The molecule has 0 spiro atoms. The maximum absolute atomic E-state index is 10.1. The second-order valence-corrected chi connectivity index (χ2v) is 7.18. The van der Waals surface area contributed by atoms with Gasteiger partial charge in [-0.3, -0.25) is 0 Å². The summed E-state index contributed by atoms with van der Waals surface area (Å²) in [6, 6.07) is 0. The Morgan fingerprint density at radius 2 is 1.53 bits per heavy atom. The molecular formula is C14H28O. The van der Waals surface area contributed by atoms with E-state index < -0.39 is 0 Å². The van der Waals surface area contributed by atoms with Crippen molar-refractivity contribution in [3.05, 3.63) is 0 Å². The van der Waals surface area contributed by atoms with Gasteiger partial charge in [-0.25, -0.2) is 0 Å². The minimum atomic E-state index is -0.0592. The molecule has 1 fully saturated rings. The zero-order valence-corrected chi connectivity index (χ0v) is 11.1. The van der Waals surface area contributed by atoms with E-state index in [0.717, 1.165) is 6.42 Å². The van der Waals surface area contributed by atoms with Gasteiger partial charge in [0, 0.05) is 0 Å². The first-order valence-electron chi connectivity index (χ1n) is 6.40. The van der Waals surface area contributed by atoms with E-state index in [-0.39, 0.29) is 11.5 Å². The van der Waals surface area contributed by atoms with Crippen molar-refractivity contribution in [1.29, 1.82) is 0 Å². The molecule has 1 heteroatoms. The number of aliphatic hydroxyl groups is 1. The predicted octanol–water partition coefficient (Wildman–Crippen LogP) is 4.00. The van der Waals surface area contributed by atoms with Crippen molar-refractivity contribution in [1.82, 2.24) is 0 Å². The summed E-state index contributed by atoms with van der Waals surface area (Å²) in [6.45, 7) is 11.5. The van der Waals surface area contributed by atoms with Crippen LogP contribution >= 0.6 is 0 Å². The number of aliphatic hydroxyl groups excluding tert-OH is 1. The Hall–Kier alpha value is -0.0400. The molecule has 1 rings (SSSR count). The van der Waals surface area contributed by atoms with Crippen LogP contribution in [0.25, 0.3) is 0 Å². The fourth-order valence-corrected chi connectivity index (χ4v) is 3.52. The van der Waals surface area contributed by atoms with Crippen molar-refractivity contribution < 1.29 is 5.11 Å². The molecule has 1 nitrogen and oxygen atoms in total. The molecule has 0 heterocycles. The number of hydrogen-bond donors (Lipinski definition) is 1. The minimum Gasteiger partial charge on any atom is -0.393 e. The van der Waals surface area contributed by atoms with E-state index in [1.165, 1.54) is 25.7 Å². The third-order valence-electron chi connectivity index (χ3n) is 3.72. The van der Waals surface area contributed by atoms with Crippen molar-refractivity contribution in [3.63, 3.8) is 0 Å². The van der Waals surface area contributed by atoms with Crippen LogP contribution in [0.3, 0.4) is 0 Å². The molecule has 90 valence electrons. The summed E-state index contributed by atoms with van der Waals surface area (Å²) >= 11 is 0. The Balaban J connectivity index is 2.66. The second kappa shape index (κ2) is 4.45. The maximum Gasteiger partial charge on any atom is 0.0573 e. The molecule has 0 saturated heterocycles. The minimum absolute atomic E-state index is 0.0592. The number of rotatable bonds is 2. The van der Waals surface area contributed by atoms with Crippen LogP contribution in [0, 0.1) is 16.7 Å². The Bertz CT molecular complexity index is 200. The van der Waals surface area contributed by atoms with Gasteiger partial charge in [0.1, 0.15) is 0 Å². The first kappa shape index (κ1) is 13.0. The number of hydrogen-bond acceptors (Lipinski definition) is 1. The smallest absolute Gasteiger partial charge is 0.0573 e. The Labute approximate surface area is 95.3 Å². The van der Waals surface area contributed by atoms with Gasteiger partial charge in [-0.05, 0) is 36.0 Å². The van der Waals surface area contributed by atoms with Crippen molar-refractivity contribution in [3.8, 4) is 0 Å². The highest BCUT2D eigenvalue weighted by Crippen LogP contribution is 2.45. The standard InChI is InChI=1S/C14H28O/c1-13(2,3)10-14(4,5)11-8-6-7-9-12(11)15/h11-12,15H,6-10H2,1-5H3. The van der Waals surface area contributed by atoms with Crippen LogP contribution in [0.2, 0.25) is 0 Å². The lowest BCUT2D eigenvalue weighted by Gasteiger charge is -2.43. The van der Waals surface area contributed by atoms with E-state index in [9.17, 15) is 5.11 Å². The highest BCUT2D eigenvalue weighted by atomic mass is 16.3. The van der Waals surface area contributed by atoms with Crippen molar-refractivity contribution in [2.45, 2.75) is 72.8 Å². The largest absolute Gasteiger partial charge is 0.393 e. The molecule has 15 heavy (non-hydrogen) atoms. The molecule has 1 aliphatic rings. The lowest BCUT2D eigenvalue weighted by atomic mass is 9.64. The average Bonchev–Trinajstić information content (AvgIpc) is 1.99. The topological polar surface area (TPSA) is 20.2 Å². The van der Waals surface area contributed by atoms with Gasteiger partial charge in [0.25, 0.3) is 0 Å². The highest BCUT2D eigenvalue weighted by Gasteiger charge is 2.38. The van der Waals surface area contributed by atoms with E-state index in [1.54, 1.807) is 0 Å². The van der Waals surface area contributed by atoms with Gasteiger partial charge in [-0.15, -0.1) is 0 Å². The zero-order chi connectivity index (χ0) is 11.7. The van der Waals surface area contributed by atoms with Crippen molar-refractivity contribution in [2.24, 2.45) is 16.7 Å². The zero-order valence-electron chi connectivity index (χ0n) is 11.1. The molecule has 0 aliphatic heterocycles. The molecule has 1 N–H and O–H groups in total. The van der Waals surface area contributed by atoms with Gasteiger partial charge in [-0.2, -0.15) is 0 Å². The summed E-state index contributed by atoms with van der Waals surface area (Å²) in [5.74, 6) is 0.505. The molecule has 0 radical (unpaired) electrons. The van der Waals surface area contributed by atoms with Crippen molar-refractivity contribution >= 4 is 0 Å². The van der Waals surface area contributed by atoms with Crippen LogP contribution < -0.4 is 0 Å². The van der Waals surface area contributed by atoms with Gasteiger partial charge in [0.2, 0.25) is 0 Å². The van der Waals surface area contributed by atoms with Gasteiger partial charge >= 0.3 is 0 Å². The normalized spacial score (nSPS) is 29.2. The Kier molecular flexibility index (Phi) is 3.86. The van der Waals surface area contributed by atoms with Crippen LogP contribution in [0.15, 0.2) is 0 Å². The lowest BCUT2D eigenvalue weighted by molar-refractivity contribution is -0.0144. The monoisotopic (exact) mass is 212 g/mol. The van der Waals surface area contributed by atoms with E-state index in [4.69, 9.17) is 0 Å². The Morgan fingerprint density at radius 3 is 2.00 bits per heavy atom. The molecule has 0 amide bonds. The third-order valence-corrected chi connectivity index (χ3v) is 3.72. The molecule has 2 atom stereocenters. The molecule has 1 aliphatic carbocycles. The van der Waals surface area contributed by atoms with E-state index >= 15 is 0 Å². The fraction of sp³-hybridized carbons (Fsp3) is 1.00. The second-order valence-electron chi connectivity index (χ2n) is 7.18. The molecular weight excluding hydrogens is 184 g/mol. The van der Waals surface area contributed by atoms with Crippen LogP contribution in [0.4, 0.5) is 0 Å². The quantitative estimate of drug-likeness (QED) is 0.733. The molecule has 0 aromatic rings. The summed E-state index contributed by atoms with van der Waals surface area (Å²) in [6.07, 6.45) is 5.87. The first-order chi connectivity index (χ1) is 6.72. The van der Waals surface area contributed by atoms with E-state index in [1.807, 2.05) is 0 Å². The lowest BCUT2D eigenvalue weighted by Crippen LogP contribution is -2.38. The van der Waals surface area contributed by atoms with Crippen LogP contribution in [-0.2, 0) is 0 Å². The predicted molar refractivity (Wildman–Crippen MR) is 65.8 cm³/mol. The Morgan fingerprint density at radius 1 is 1.00 bits per heavy atom. The molecule has 0 bridgehead atoms. The molecule has 0 aromatic heterocycles. The average molecular weight is 212 g/mol. The summed E-state index contributed by atoms with van der Waals surface area (Å²) in [5, 5.41) is 10.1. The molecule has 0 aromatic carbocycles. The summed E-state index contributed by atoms with van der Waals surface area (Å²) in [4.78, 5) is 0. The maximum atomic E-state index is 10.1. The highest BCUT2D eigenvalue weighted by molar-refractivity contribution is 4.88. The van der Waals surface area contributed by atoms with Gasteiger partial charge in [0.05, 0.1) is 6.10 Å². The fourth-order valence-electron chi connectivity index (χ4n) is 3.52. The van der Waals surface area contributed by atoms with Crippen LogP contribution in [0.5, 0.6) is 0 Å². The van der Waals surface area contributed by atoms with E-state index in [2.05, 4.69) is 34.6 Å². The van der Waals surface area contributed by atoms with Gasteiger partial charge in [0.15, 0.2) is 0 Å². The first-order valence-corrected chi connectivity index (χ1v) is 6.40. The van der Waals surface area contributed by atoms with E-state index in [0.29, 0.717) is 11.3 Å². The van der Waals surface area contributed by atoms with Crippen molar-refractivity contribution in [2.75, 3.05) is 0 Å². The van der Waals surface area contributed by atoms with Crippen LogP contribution in [-0.4, -0.2) is 11.2 Å². The SMILES string of the molecule is CC(C)(C)CC(C)(C)C1CCCCC1O. The van der Waals surface area contributed by atoms with Gasteiger partial charge < -0.3 is 5.11 Å². The summed E-state index contributed by atoms with van der Waals surface area (Å²) < 4.78 is 0. The third kappa shape index (κ3) is 3.79.